The molecule has 1 aliphatic heterocycles. The van der Waals surface area contributed by atoms with Gasteiger partial charge in [-0.05, 0) is 43.0 Å². The zero-order valence-electron chi connectivity index (χ0n) is 9.50. The van der Waals surface area contributed by atoms with Gasteiger partial charge in [0, 0.05) is 13.2 Å². The van der Waals surface area contributed by atoms with Crippen LogP contribution in [0.2, 0.25) is 0 Å². The summed E-state index contributed by atoms with van der Waals surface area (Å²) in [6.45, 7) is 1.30. The van der Waals surface area contributed by atoms with Gasteiger partial charge >= 0.3 is 0 Å². The van der Waals surface area contributed by atoms with E-state index in [9.17, 15) is 8.42 Å². The SMILES string of the molecule is O=S(=O)(CC1CCOCC1)c1ccc(O)cc1. The van der Waals surface area contributed by atoms with Crippen LogP contribution in [0.4, 0.5) is 0 Å². The monoisotopic (exact) mass is 256 g/mol. The van der Waals surface area contributed by atoms with Crippen LogP contribution in [0.5, 0.6) is 5.75 Å². The molecule has 1 fully saturated rings. The second kappa shape index (κ2) is 5.06. The van der Waals surface area contributed by atoms with Crippen molar-refractivity contribution in [2.45, 2.75) is 17.7 Å². The molecule has 1 saturated heterocycles. The van der Waals surface area contributed by atoms with Gasteiger partial charge in [-0.3, -0.25) is 0 Å². The molecule has 0 radical (unpaired) electrons. The van der Waals surface area contributed by atoms with Crippen LogP contribution in [-0.4, -0.2) is 32.5 Å². The Bertz CT molecular complexity index is 458. The molecule has 4 nitrogen and oxygen atoms in total. The van der Waals surface area contributed by atoms with Crippen molar-refractivity contribution < 1.29 is 18.3 Å². The van der Waals surface area contributed by atoms with Crippen LogP contribution in [0.15, 0.2) is 29.2 Å². The van der Waals surface area contributed by atoms with E-state index in [2.05, 4.69) is 0 Å². The molecule has 1 heterocycles. The van der Waals surface area contributed by atoms with Crippen molar-refractivity contribution in [3.05, 3.63) is 24.3 Å². The van der Waals surface area contributed by atoms with Crippen LogP contribution in [0.3, 0.4) is 0 Å². The molecule has 0 saturated carbocycles. The van der Waals surface area contributed by atoms with Gasteiger partial charge in [-0.1, -0.05) is 0 Å². The first-order chi connectivity index (χ1) is 8.08. The lowest BCUT2D eigenvalue weighted by Gasteiger charge is -2.21. The van der Waals surface area contributed by atoms with Gasteiger partial charge in [-0.25, -0.2) is 8.42 Å². The largest absolute Gasteiger partial charge is 0.508 e. The van der Waals surface area contributed by atoms with Crippen molar-refractivity contribution in [3.8, 4) is 5.75 Å². The zero-order chi connectivity index (χ0) is 12.3. The lowest BCUT2D eigenvalue weighted by atomic mass is 10.0. The quantitative estimate of drug-likeness (QED) is 0.892. The predicted molar refractivity (Wildman–Crippen MR) is 63.7 cm³/mol. The van der Waals surface area contributed by atoms with Gasteiger partial charge in [0.1, 0.15) is 5.75 Å². The minimum Gasteiger partial charge on any atom is -0.508 e. The van der Waals surface area contributed by atoms with E-state index >= 15 is 0 Å². The van der Waals surface area contributed by atoms with E-state index in [0.29, 0.717) is 13.2 Å². The summed E-state index contributed by atoms with van der Waals surface area (Å²) in [7, 11) is -3.24. The Kier molecular flexibility index (Phi) is 3.69. The van der Waals surface area contributed by atoms with Crippen molar-refractivity contribution in [2.24, 2.45) is 5.92 Å². The van der Waals surface area contributed by atoms with Crippen molar-refractivity contribution in [1.82, 2.24) is 0 Å². The molecule has 1 aromatic carbocycles. The van der Waals surface area contributed by atoms with E-state index in [1.165, 1.54) is 24.3 Å². The Morgan fingerprint density at radius 3 is 2.35 bits per heavy atom. The number of ether oxygens (including phenoxy) is 1. The van der Waals surface area contributed by atoms with Crippen LogP contribution in [0.1, 0.15) is 12.8 Å². The van der Waals surface area contributed by atoms with Crippen molar-refractivity contribution in [3.63, 3.8) is 0 Å². The van der Waals surface area contributed by atoms with E-state index in [1.807, 2.05) is 0 Å². The highest BCUT2D eigenvalue weighted by molar-refractivity contribution is 7.91. The highest BCUT2D eigenvalue weighted by atomic mass is 32.2. The topological polar surface area (TPSA) is 63.6 Å². The molecule has 2 rings (SSSR count). The molecule has 0 aliphatic carbocycles. The molecule has 0 amide bonds. The van der Waals surface area contributed by atoms with Gasteiger partial charge in [-0.2, -0.15) is 0 Å². The second-order valence-corrected chi connectivity index (χ2v) is 6.37. The standard InChI is InChI=1S/C12H16O4S/c13-11-1-3-12(4-2-11)17(14,15)9-10-5-7-16-8-6-10/h1-4,10,13H,5-9H2. The summed E-state index contributed by atoms with van der Waals surface area (Å²) in [6.07, 6.45) is 1.61. The van der Waals surface area contributed by atoms with Crippen molar-refractivity contribution in [1.29, 1.82) is 0 Å². The number of aromatic hydroxyl groups is 1. The van der Waals surface area contributed by atoms with Gasteiger partial charge in [0.15, 0.2) is 9.84 Å². The normalized spacial score (nSPS) is 18.1. The predicted octanol–water partition coefficient (Wildman–Crippen LogP) is 1.59. The summed E-state index contributed by atoms with van der Waals surface area (Å²) in [5.74, 6) is 0.429. The molecule has 1 N–H and O–H groups in total. The van der Waals surface area contributed by atoms with E-state index in [1.54, 1.807) is 0 Å². The molecule has 17 heavy (non-hydrogen) atoms. The minimum atomic E-state index is -3.24. The number of benzene rings is 1. The summed E-state index contributed by atoms with van der Waals surface area (Å²) in [6, 6.07) is 5.70. The van der Waals surface area contributed by atoms with Crippen molar-refractivity contribution in [2.75, 3.05) is 19.0 Å². The Hall–Kier alpha value is -1.07. The molecule has 5 heteroatoms. The minimum absolute atomic E-state index is 0.0787. The van der Waals surface area contributed by atoms with E-state index in [4.69, 9.17) is 9.84 Å². The number of phenols is 1. The van der Waals surface area contributed by atoms with Gasteiger partial charge in [0.25, 0.3) is 0 Å². The lowest BCUT2D eigenvalue weighted by molar-refractivity contribution is 0.0723. The highest BCUT2D eigenvalue weighted by Crippen LogP contribution is 2.22. The lowest BCUT2D eigenvalue weighted by Crippen LogP contribution is -2.23. The first-order valence-corrected chi connectivity index (χ1v) is 7.33. The van der Waals surface area contributed by atoms with Gasteiger partial charge in [-0.15, -0.1) is 0 Å². The Balaban J connectivity index is 2.10. The summed E-state index contributed by atoms with van der Waals surface area (Å²) >= 11 is 0. The van der Waals surface area contributed by atoms with Crippen molar-refractivity contribution >= 4 is 9.84 Å². The van der Waals surface area contributed by atoms with Crippen LogP contribution >= 0.6 is 0 Å². The third-order valence-corrected chi connectivity index (χ3v) is 4.89. The smallest absolute Gasteiger partial charge is 0.178 e. The number of rotatable bonds is 3. The molecule has 0 aromatic heterocycles. The Labute approximate surface area is 101 Å². The van der Waals surface area contributed by atoms with E-state index in [-0.39, 0.29) is 22.3 Å². The maximum Gasteiger partial charge on any atom is 0.178 e. The summed E-state index contributed by atoms with van der Waals surface area (Å²) in [5.41, 5.74) is 0. The molecule has 1 aliphatic rings. The summed E-state index contributed by atoms with van der Waals surface area (Å²) in [5, 5.41) is 9.13. The summed E-state index contributed by atoms with van der Waals surface area (Å²) in [4.78, 5) is 0.279. The first kappa shape index (κ1) is 12.4. The van der Waals surface area contributed by atoms with Crippen LogP contribution in [0.25, 0.3) is 0 Å². The first-order valence-electron chi connectivity index (χ1n) is 5.67. The molecule has 94 valence electrons. The number of hydrogen-bond donors (Lipinski definition) is 1. The zero-order valence-corrected chi connectivity index (χ0v) is 10.3. The van der Waals surface area contributed by atoms with Gasteiger partial charge in [0.2, 0.25) is 0 Å². The fraction of sp³-hybridized carbons (Fsp3) is 0.500. The average Bonchev–Trinajstić information content (AvgIpc) is 2.30. The van der Waals surface area contributed by atoms with E-state index in [0.717, 1.165) is 12.8 Å². The average molecular weight is 256 g/mol. The van der Waals surface area contributed by atoms with Gasteiger partial charge < -0.3 is 9.84 Å². The second-order valence-electron chi connectivity index (χ2n) is 4.33. The molecule has 0 bridgehead atoms. The molecule has 1 aromatic rings. The highest BCUT2D eigenvalue weighted by Gasteiger charge is 2.23. The number of hydrogen-bond acceptors (Lipinski definition) is 4. The van der Waals surface area contributed by atoms with Crippen LogP contribution in [0, 0.1) is 5.92 Å². The maximum atomic E-state index is 12.1. The molecule has 0 atom stereocenters. The van der Waals surface area contributed by atoms with Gasteiger partial charge in [0.05, 0.1) is 10.6 Å². The molecular weight excluding hydrogens is 240 g/mol. The fourth-order valence-electron chi connectivity index (χ4n) is 1.97. The van der Waals surface area contributed by atoms with Crippen LogP contribution in [-0.2, 0) is 14.6 Å². The number of phenolic OH excluding ortho intramolecular Hbond substituents is 1. The maximum absolute atomic E-state index is 12.1. The third kappa shape index (κ3) is 3.20. The van der Waals surface area contributed by atoms with Crippen LogP contribution < -0.4 is 0 Å². The van der Waals surface area contributed by atoms with E-state index < -0.39 is 9.84 Å². The third-order valence-electron chi connectivity index (χ3n) is 2.99. The number of sulfone groups is 1. The molecule has 0 unspecified atom stereocenters. The summed E-state index contributed by atoms with van der Waals surface area (Å²) < 4.78 is 29.4. The molecule has 0 spiro atoms. The molecular formula is C12H16O4S. The Morgan fingerprint density at radius 1 is 1.18 bits per heavy atom. The fourth-order valence-corrected chi connectivity index (χ4v) is 3.67. The Morgan fingerprint density at radius 2 is 1.76 bits per heavy atom.